The number of methoxy groups -OCH3 is 1. The molecule has 0 aliphatic rings. The average molecular weight is 316 g/mol. The van der Waals surface area contributed by atoms with Crippen molar-refractivity contribution in [1.82, 2.24) is 0 Å². The number of hydrogen-bond acceptors (Lipinski definition) is 3. The van der Waals surface area contributed by atoms with Crippen molar-refractivity contribution in [3.05, 3.63) is 70.7 Å². The number of nitrogens with zero attached hydrogens (tertiary/aromatic N) is 1. The highest BCUT2D eigenvalue weighted by Crippen LogP contribution is 2.20. The standard InChI is InChI=1S/C18H18ClNO2/c1-18(17(21)22-2,12-14-6-4-3-5-7-14)20-13-15-8-10-16(19)11-9-15/h3-11,13H,12H2,1-2H3. The summed E-state index contributed by atoms with van der Waals surface area (Å²) in [5.41, 5.74) is 0.951. The first kappa shape index (κ1) is 16.2. The van der Waals surface area contributed by atoms with Gasteiger partial charge in [-0.1, -0.05) is 54.1 Å². The molecule has 0 N–H and O–H groups in total. The van der Waals surface area contributed by atoms with Crippen LogP contribution in [0.5, 0.6) is 0 Å². The van der Waals surface area contributed by atoms with Gasteiger partial charge in [-0.25, -0.2) is 4.79 Å². The van der Waals surface area contributed by atoms with Crippen LogP contribution < -0.4 is 0 Å². The van der Waals surface area contributed by atoms with Gasteiger partial charge in [-0.05, 0) is 30.2 Å². The fourth-order valence-electron chi connectivity index (χ4n) is 2.15. The van der Waals surface area contributed by atoms with Crippen molar-refractivity contribution in [3.63, 3.8) is 0 Å². The van der Waals surface area contributed by atoms with Gasteiger partial charge in [0.05, 0.1) is 7.11 Å². The second kappa shape index (κ2) is 7.23. The summed E-state index contributed by atoms with van der Waals surface area (Å²) in [5, 5.41) is 0.664. The van der Waals surface area contributed by atoms with Crippen molar-refractivity contribution in [3.8, 4) is 0 Å². The Morgan fingerprint density at radius 2 is 1.82 bits per heavy atom. The van der Waals surface area contributed by atoms with E-state index in [1.807, 2.05) is 42.5 Å². The molecule has 0 fully saturated rings. The van der Waals surface area contributed by atoms with E-state index in [2.05, 4.69) is 4.99 Å². The van der Waals surface area contributed by atoms with Gasteiger partial charge in [-0.15, -0.1) is 0 Å². The molecule has 0 aromatic heterocycles. The molecule has 0 radical (unpaired) electrons. The molecule has 0 amide bonds. The SMILES string of the molecule is COC(=O)C(C)(Cc1ccccc1)N=Cc1ccc(Cl)cc1. The van der Waals surface area contributed by atoms with Gasteiger partial charge >= 0.3 is 5.97 Å². The fraction of sp³-hybridized carbons (Fsp3) is 0.222. The maximum Gasteiger partial charge on any atom is 0.333 e. The number of ether oxygens (including phenoxy) is 1. The Labute approximate surface area is 135 Å². The molecule has 22 heavy (non-hydrogen) atoms. The molecule has 0 bridgehead atoms. The van der Waals surface area contributed by atoms with E-state index in [1.54, 1.807) is 25.3 Å². The number of halogens is 1. The molecule has 2 rings (SSSR count). The highest BCUT2D eigenvalue weighted by molar-refractivity contribution is 6.30. The summed E-state index contributed by atoms with van der Waals surface area (Å²) in [5.74, 6) is -0.360. The summed E-state index contributed by atoms with van der Waals surface area (Å²) in [6.45, 7) is 1.78. The lowest BCUT2D eigenvalue weighted by Gasteiger charge is -2.22. The Hall–Kier alpha value is -2.13. The first-order valence-electron chi connectivity index (χ1n) is 6.97. The van der Waals surface area contributed by atoms with Crippen LogP contribution in [0.2, 0.25) is 5.02 Å². The summed E-state index contributed by atoms with van der Waals surface area (Å²) >= 11 is 5.86. The smallest absolute Gasteiger partial charge is 0.333 e. The minimum Gasteiger partial charge on any atom is -0.467 e. The molecule has 0 aliphatic carbocycles. The fourth-order valence-corrected chi connectivity index (χ4v) is 2.28. The maximum atomic E-state index is 12.2. The number of carbonyl (C=O) groups excluding carboxylic acids is 1. The summed E-state index contributed by atoms with van der Waals surface area (Å²) in [6, 6.07) is 17.0. The topological polar surface area (TPSA) is 38.7 Å². The highest BCUT2D eigenvalue weighted by Gasteiger charge is 2.33. The Morgan fingerprint density at radius 3 is 2.41 bits per heavy atom. The predicted molar refractivity (Wildman–Crippen MR) is 89.6 cm³/mol. The van der Waals surface area contributed by atoms with Crippen molar-refractivity contribution in [2.45, 2.75) is 18.9 Å². The molecule has 0 heterocycles. The monoisotopic (exact) mass is 315 g/mol. The van der Waals surface area contributed by atoms with Gasteiger partial charge < -0.3 is 4.74 Å². The van der Waals surface area contributed by atoms with Gasteiger partial charge in [0.1, 0.15) is 0 Å². The number of carbonyl (C=O) groups is 1. The van der Waals surface area contributed by atoms with Crippen LogP contribution >= 0.6 is 11.6 Å². The van der Waals surface area contributed by atoms with Gasteiger partial charge in [0.15, 0.2) is 5.54 Å². The van der Waals surface area contributed by atoms with Crippen LogP contribution in [-0.2, 0) is 16.0 Å². The third-order valence-electron chi connectivity index (χ3n) is 3.38. The molecule has 2 aromatic carbocycles. The van der Waals surface area contributed by atoms with Crippen LogP contribution in [0.3, 0.4) is 0 Å². The van der Waals surface area contributed by atoms with Crippen molar-refractivity contribution in [2.24, 2.45) is 4.99 Å². The summed E-state index contributed by atoms with van der Waals surface area (Å²) < 4.78 is 4.92. The lowest BCUT2D eigenvalue weighted by atomic mass is 9.93. The van der Waals surface area contributed by atoms with E-state index >= 15 is 0 Å². The van der Waals surface area contributed by atoms with Gasteiger partial charge in [-0.2, -0.15) is 0 Å². The molecule has 4 heteroatoms. The molecular formula is C18H18ClNO2. The van der Waals surface area contributed by atoms with Crippen molar-refractivity contribution in [1.29, 1.82) is 0 Å². The number of rotatable bonds is 5. The average Bonchev–Trinajstić information content (AvgIpc) is 2.54. The third-order valence-corrected chi connectivity index (χ3v) is 3.64. The molecule has 1 atom stereocenters. The van der Waals surface area contributed by atoms with E-state index in [0.29, 0.717) is 11.4 Å². The minimum absolute atomic E-state index is 0.360. The number of esters is 1. The minimum atomic E-state index is -0.963. The molecule has 3 nitrogen and oxygen atoms in total. The van der Waals surface area contributed by atoms with Crippen LogP contribution in [0.15, 0.2) is 59.6 Å². The van der Waals surface area contributed by atoms with Gasteiger partial charge in [0.2, 0.25) is 0 Å². The van der Waals surface area contributed by atoms with E-state index in [4.69, 9.17) is 16.3 Å². The quantitative estimate of drug-likeness (QED) is 0.619. The Balaban J connectivity index is 2.25. The second-order valence-electron chi connectivity index (χ2n) is 5.24. The van der Waals surface area contributed by atoms with Gasteiger partial charge in [0, 0.05) is 17.7 Å². The third kappa shape index (κ3) is 4.18. The largest absolute Gasteiger partial charge is 0.467 e. The normalized spacial score (nSPS) is 13.8. The molecule has 0 saturated carbocycles. The zero-order chi connectivity index (χ0) is 16.0. The van der Waals surface area contributed by atoms with E-state index in [-0.39, 0.29) is 5.97 Å². The first-order chi connectivity index (χ1) is 10.5. The zero-order valence-corrected chi connectivity index (χ0v) is 13.4. The van der Waals surface area contributed by atoms with E-state index < -0.39 is 5.54 Å². The van der Waals surface area contributed by atoms with Gasteiger partial charge in [0.25, 0.3) is 0 Å². The van der Waals surface area contributed by atoms with Crippen LogP contribution in [0, 0.1) is 0 Å². The molecule has 0 saturated heterocycles. The second-order valence-corrected chi connectivity index (χ2v) is 5.67. The van der Waals surface area contributed by atoms with Crippen molar-refractivity contribution >= 4 is 23.8 Å². The number of hydrogen-bond donors (Lipinski definition) is 0. The Morgan fingerprint density at radius 1 is 1.18 bits per heavy atom. The molecule has 2 aromatic rings. The highest BCUT2D eigenvalue weighted by atomic mass is 35.5. The van der Waals surface area contributed by atoms with Crippen LogP contribution in [0.25, 0.3) is 0 Å². The lowest BCUT2D eigenvalue weighted by Crippen LogP contribution is -2.37. The van der Waals surface area contributed by atoms with Crippen LogP contribution in [-0.4, -0.2) is 24.8 Å². The summed E-state index contributed by atoms with van der Waals surface area (Å²) in [7, 11) is 1.38. The van der Waals surface area contributed by atoms with Crippen molar-refractivity contribution in [2.75, 3.05) is 7.11 Å². The van der Waals surface area contributed by atoms with E-state index in [0.717, 1.165) is 11.1 Å². The maximum absolute atomic E-state index is 12.2. The van der Waals surface area contributed by atoms with Crippen LogP contribution in [0.4, 0.5) is 0 Å². The van der Waals surface area contributed by atoms with Crippen LogP contribution in [0.1, 0.15) is 18.1 Å². The molecule has 1 unspecified atom stereocenters. The molecular weight excluding hydrogens is 298 g/mol. The van der Waals surface area contributed by atoms with E-state index in [9.17, 15) is 4.79 Å². The summed E-state index contributed by atoms with van der Waals surface area (Å²) in [6.07, 6.45) is 2.15. The molecule has 114 valence electrons. The molecule has 0 spiro atoms. The zero-order valence-electron chi connectivity index (χ0n) is 12.6. The molecule has 0 aliphatic heterocycles. The van der Waals surface area contributed by atoms with E-state index in [1.165, 1.54) is 7.11 Å². The van der Waals surface area contributed by atoms with Crippen molar-refractivity contribution < 1.29 is 9.53 Å². The predicted octanol–water partition coefficient (Wildman–Crippen LogP) is 3.93. The Bertz CT molecular complexity index is 653. The summed E-state index contributed by atoms with van der Waals surface area (Å²) in [4.78, 5) is 16.6. The lowest BCUT2D eigenvalue weighted by molar-refractivity contribution is -0.146. The number of benzene rings is 2. The number of aliphatic imine (C=N–C) groups is 1. The first-order valence-corrected chi connectivity index (χ1v) is 7.34. The van der Waals surface area contributed by atoms with Gasteiger partial charge in [-0.3, -0.25) is 4.99 Å². The Kier molecular flexibility index (Phi) is 5.34.